The zero-order valence-electron chi connectivity index (χ0n) is 18.1. The first-order chi connectivity index (χ1) is 15.6. The average molecular weight is 445 g/mol. The largest absolute Gasteiger partial charge is 0.484 e. The van der Waals surface area contributed by atoms with Gasteiger partial charge in [-0.25, -0.2) is 4.39 Å². The summed E-state index contributed by atoms with van der Waals surface area (Å²) in [6.45, 7) is 6.92. The van der Waals surface area contributed by atoms with Gasteiger partial charge in [-0.3, -0.25) is 9.69 Å². The molecule has 2 saturated heterocycles. The lowest BCUT2D eigenvalue weighted by Crippen LogP contribution is -2.50. The van der Waals surface area contributed by atoms with Crippen LogP contribution in [0.5, 0.6) is 5.75 Å². The van der Waals surface area contributed by atoms with Gasteiger partial charge in [-0.1, -0.05) is 0 Å². The van der Waals surface area contributed by atoms with Crippen LogP contribution in [0.25, 0.3) is 0 Å². The topological polar surface area (TPSA) is 85.3 Å². The van der Waals surface area contributed by atoms with Crippen molar-refractivity contribution in [1.29, 1.82) is 0 Å². The maximum Gasteiger partial charge on any atom is 0.260 e. The first kappa shape index (κ1) is 22.2. The van der Waals surface area contributed by atoms with Gasteiger partial charge in [0, 0.05) is 58.9 Å². The highest BCUT2D eigenvalue weighted by Gasteiger charge is 2.23. The third-order valence-corrected chi connectivity index (χ3v) is 5.88. The van der Waals surface area contributed by atoms with E-state index in [-0.39, 0.29) is 24.9 Å². The zero-order valence-corrected chi connectivity index (χ0v) is 18.1. The molecule has 0 atom stereocenters. The monoisotopic (exact) mass is 444 g/mol. The Bertz CT molecular complexity index is 866. The third kappa shape index (κ3) is 5.63. The fourth-order valence-corrected chi connectivity index (χ4v) is 3.95. The van der Waals surface area contributed by atoms with Crippen LogP contribution in [-0.4, -0.2) is 103 Å². The number of aliphatic hydroxyl groups excluding tert-OH is 1. The Kier molecular flexibility index (Phi) is 7.33. The van der Waals surface area contributed by atoms with Crippen LogP contribution in [0.15, 0.2) is 36.4 Å². The number of amides is 1. The molecule has 0 unspecified atom stereocenters. The summed E-state index contributed by atoms with van der Waals surface area (Å²) in [5.74, 6) is 1.72. The van der Waals surface area contributed by atoms with E-state index in [9.17, 15) is 9.18 Å². The molecule has 4 rings (SSSR count). The Morgan fingerprint density at radius 1 is 0.875 bits per heavy atom. The molecule has 0 bridgehead atoms. The molecule has 1 aromatic carbocycles. The van der Waals surface area contributed by atoms with Crippen molar-refractivity contribution < 1.29 is 19.0 Å². The van der Waals surface area contributed by atoms with Gasteiger partial charge in [0.2, 0.25) is 0 Å². The minimum atomic E-state index is -0.337. The van der Waals surface area contributed by atoms with Gasteiger partial charge in [-0.05, 0) is 36.4 Å². The van der Waals surface area contributed by atoms with Crippen LogP contribution < -0.4 is 14.5 Å². The average Bonchev–Trinajstić information content (AvgIpc) is 2.84. The Morgan fingerprint density at radius 3 is 1.97 bits per heavy atom. The van der Waals surface area contributed by atoms with Gasteiger partial charge < -0.3 is 24.5 Å². The van der Waals surface area contributed by atoms with Crippen LogP contribution in [-0.2, 0) is 4.79 Å². The molecule has 3 heterocycles. The number of carbonyl (C=O) groups is 1. The molecule has 2 aromatic rings. The maximum atomic E-state index is 13.0. The summed E-state index contributed by atoms with van der Waals surface area (Å²) in [4.78, 5) is 20.8. The van der Waals surface area contributed by atoms with Crippen LogP contribution >= 0.6 is 0 Å². The number of ether oxygens (including phenoxy) is 1. The van der Waals surface area contributed by atoms with E-state index in [1.54, 1.807) is 4.90 Å². The van der Waals surface area contributed by atoms with Crippen molar-refractivity contribution in [3.8, 4) is 5.75 Å². The van der Waals surface area contributed by atoms with E-state index < -0.39 is 0 Å². The molecule has 0 aliphatic carbocycles. The number of piperazine rings is 2. The standard InChI is InChI=1S/C22H29FN6O3/c23-18-1-3-19(4-2-18)32-17-22(31)29-13-11-28(12-14-29)21-6-5-20(24-25-21)27-9-7-26(8-10-27)15-16-30/h1-6,30H,7-17H2. The first-order valence-corrected chi connectivity index (χ1v) is 11.0. The van der Waals surface area contributed by atoms with Crippen molar-refractivity contribution in [1.82, 2.24) is 20.0 Å². The van der Waals surface area contributed by atoms with Gasteiger partial charge in [0.15, 0.2) is 18.2 Å². The number of rotatable bonds is 7. The smallest absolute Gasteiger partial charge is 0.260 e. The molecule has 1 amide bonds. The van der Waals surface area contributed by atoms with Crippen molar-refractivity contribution in [2.24, 2.45) is 0 Å². The molecular weight excluding hydrogens is 415 g/mol. The number of aliphatic hydroxyl groups is 1. The van der Waals surface area contributed by atoms with Gasteiger partial charge in [-0.2, -0.15) is 0 Å². The normalized spacial score (nSPS) is 17.5. The summed E-state index contributed by atoms with van der Waals surface area (Å²) in [5.41, 5.74) is 0. The second-order valence-corrected chi connectivity index (χ2v) is 7.91. The number of nitrogens with zero attached hydrogens (tertiary/aromatic N) is 6. The van der Waals surface area contributed by atoms with E-state index in [1.165, 1.54) is 24.3 Å². The molecule has 1 aromatic heterocycles. The number of aromatic nitrogens is 2. The molecule has 0 radical (unpaired) electrons. The molecule has 172 valence electrons. The number of hydrogen-bond acceptors (Lipinski definition) is 8. The van der Waals surface area contributed by atoms with Crippen LogP contribution in [0, 0.1) is 5.82 Å². The zero-order chi connectivity index (χ0) is 22.3. The lowest BCUT2D eigenvalue weighted by atomic mass is 10.3. The molecule has 9 nitrogen and oxygen atoms in total. The summed E-state index contributed by atoms with van der Waals surface area (Å²) in [6, 6.07) is 9.62. The van der Waals surface area contributed by atoms with E-state index in [0.29, 0.717) is 38.5 Å². The van der Waals surface area contributed by atoms with E-state index >= 15 is 0 Å². The minimum Gasteiger partial charge on any atom is -0.484 e. The molecule has 2 fully saturated rings. The van der Waals surface area contributed by atoms with Crippen molar-refractivity contribution in [2.75, 3.05) is 81.9 Å². The van der Waals surface area contributed by atoms with Gasteiger partial charge in [-0.15, -0.1) is 10.2 Å². The third-order valence-electron chi connectivity index (χ3n) is 5.88. The highest BCUT2D eigenvalue weighted by atomic mass is 19.1. The highest BCUT2D eigenvalue weighted by Crippen LogP contribution is 2.18. The molecule has 2 aliphatic rings. The Hall–Kier alpha value is -2.98. The number of β-amino-alcohol motifs (C(OH)–C–C–N with tert-alkyl or cyclic N) is 1. The predicted octanol–water partition coefficient (Wildman–Crippen LogP) is 0.458. The van der Waals surface area contributed by atoms with Crippen LogP contribution in [0.3, 0.4) is 0 Å². The van der Waals surface area contributed by atoms with Crippen molar-refractivity contribution >= 4 is 17.5 Å². The first-order valence-electron chi connectivity index (χ1n) is 11.0. The van der Waals surface area contributed by atoms with Gasteiger partial charge in [0.25, 0.3) is 5.91 Å². The van der Waals surface area contributed by atoms with Crippen LogP contribution in [0.4, 0.5) is 16.0 Å². The SMILES string of the molecule is O=C(COc1ccc(F)cc1)N1CCN(c2ccc(N3CCN(CCO)CC3)nn2)CC1. The van der Waals surface area contributed by atoms with Crippen molar-refractivity contribution in [2.45, 2.75) is 0 Å². The summed E-state index contributed by atoms with van der Waals surface area (Å²) >= 11 is 0. The van der Waals surface area contributed by atoms with E-state index in [4.69, 9.17) is 9.84 Å². The van der Waals surface area contributed by atoms with Crippen LogP contribution in [0.1, 0.15) is 0 Å². The van der Waals surface area contributed by atoms with Gasteiger partial charge >= 0.3 is 0 Å². The minimum absolute atomic E-state index is 0.0638. The summed E-state index contributed by atoms with van der Waals surface area (Å²) < 4.78 is 18.4. The number of hydrogen-bond donors (Lipinski definition) is 1. The molecule has 1 N–H and O–H groups in total. The van der Waals surface area contributed by atoms with Crippen LogP contribution in [0.2, 0.25) is 0 Å². The van der Waals surface area contributed by atoms with E-state index in [1.807, 2.05) is 12.1 Å². The van der Waals surface area contributed by atoms with Crippen molar-refractivity contribution in [3.63, 3.8) is 0 Å². The summed E-state index contributed by atoms with van der Waals surface area (Å²) in [7, 11) is 0. The Morgan fingerprint density at radius 2 is 1.44 bits per heavy atom. The number of benzene rings is 1. The summed E-state index contributed by atoms with van der Waals surface area (Å²) in [5, 5.41) is 17.9. The Balaban J connectivity index is 1.22. The lowest BCUT2D eigenvalue weighted by Gasteiger charge is -2.36. The Labute approximate surface area is 187 Å². The quantitative estimate of drug-likeness (QED) is 0.659. The van der Waals surface area contributed by atoms with E-state index in [2.05, 4.69) is 24.9 Å². The van der Waals surface area contributed by atoms with Gasteiger partial charge in [0.05, 0.1) is 6.61 Å². The number of anilines is 2. The maximum absolute atomic E-state index is 13.0. The van der Waals surface area contributed by atoms with Gasteiger partial charge in [0.1, 0.15) is 11.6 Å². The number of carbonyl (C=O) groups excluding carboxylic acids is 1. The van der Waals surface area contributed by atoms with E-state index in [0.717, 1.165) is 37.8 Å². The molecule has 2 aliphatic heterocycles. The molecule has 32 heavy (non-hydrogen) atoms. The molecule has 0 spiro atoms. The second-order valence-electron chi connectivity index (χ2n) is 7.91. The molecule has 10 heteroatoms. The van der Waals surface area contributed by atoms with Crippen molar-refractivity contribution in [3.05, 3.63) is 42.2 Å². The number of halogens is 1. The second kappa shape index (κ2) is 10.6. The highest BCUT2D eigenvalue weighted by molar-refractivity contribution is 5.78. The summed E-state index contributed by atoms with van der Waals surface area (Å²) in [6.07, 6.45) is 0. The fourth-order valence-electron chi connectivity index (χ4n) is 3.95. The molecular formula is C22H29FN6O3. The fraction of sp³-hybridized carbons (Fsp3) is 0.500. The lowest BCUT2D eigenvalue weighted by molar-refractivity contribution is -0.133. The molecule has 0 saturated carbocycles. The predicted molar refractivity (Wildman–Crippen MR) is 118 cm³/mol.